The van der Waals surface area contributed by atoms with Crippen LogP contribution in [0, 0.1) is 5.92 Å². The molecule has 2 heterocycles. The van der Waals surface area contributed by atoms with Crippen molar-refractivity contribution >= 4 is 45.1 Å². The van der Waals surface area contributed by atoms with Crippen molar-refractivity contribution in [3.05, 3.63) is 65.5 Å². The molecule has 1 aromatic carbocycles. The van der Waals surface area contributed by atoms with Gasteiger partial charge in [0.05, 0.1) is 12.5 Å². The van der Waals surface area contributed by atoms with Crippen LogP contribution in [0.25, 0.3) is 0 Å². The summed E-state index contributed by atoms with van der Waals surface area (Å²) in [6, 6.07) is 11.2. The van der Waals surface area contributed by atoms with Crippen molar-refractivity contribution in [1.29, 1.82) is 0 Å². The van der Waals surface area contributed by atoms with Gasteiger partial charge >= 0.3 is 0 Å². The Morgan fingerprint density at radius 2 is 2.03 bits per heavy atom. The molecule has 3 unspecified atom stereocenters. The predicted octanol–water partition coefficient (Wildman–Crippen LogP) is 3.16. The Morgan fingerprint density at radius 3 is 2.77 bits per heavy atom. The Kier molecular flexibility index (Phi) is 6.43. The number of rotatable bonds is 5. The number of pyridine rings is 1. The summed E-state index contributed by atoms with van der Waals surface area (Å²) in [5.41, 5.74) is 2.45. The molecule has 30 heavy (non-hydrogen) atoms. The van der Waals surface area contributed by atoms with Gasteiger partial charge in [0.1, 0.15) is 0 Å². The number of thiocarbonyl (C=S) groups is 1. The molecule has 8 heteroatoms. The third-order valence-electron chi connectivity index (χ3n) is 5.66. The monoisotopic (exact) mass is 486 g/mol. The number of amides is 2. The van der Waals surface area contributed by atoms with Crippen molar-refractivity contribution in [3.8, 4) is 0 Å². The maximum atomic E-state index is 13.0. The molecule has 2 N–H and O–H groups in total. The number of benzene rings is 1. The van der Waals surface area contributed by atoms with Crippen LogP contribution in [0.4, 0.5) is 0 Å². The van der Waals surface area contributed by atoms with E-state index in [1.54, 1.807) is 29.4 Å². The zero-order valence-electron chi connectivity index (χ0n) is 16.4. The molecular formula is C22H23BrN4O2S. The molecule has 4 rings (SSSR count). The molecule has 0 bridgehead atoms. The quantitative estimate of drug-likeness (QED) is 0.501. The molecule has 3 atom stereocenters. The minimum Gasteiger partial charge on any atom is -0.359 e. The molecule has 2 aliphatic rings. The fourth-order valence-electron chi connectivity index (χ4n) is 3.98. The maximum absolute atomic E-state index is 13.0. The van der Waals surface area contributed by atoms with Crippen LogP contribution >= 0.6 is 28.1 Å². The molecule has 156 valence electrons. The van der Waals surface area contributed by atoms with E-state index in [2.05, 4.69) is 31.5 Å². The van der Waals surface area contributed by atoms with Gasteiger partial charge < -0.3 is 10.6 Å². The van der Waals surface area contributed by atoms with Gasteiger partial charge in [-0.1, -0.05) is 34.1 Å². The van der Waals surface area contributed by atoms with E-state index in [9.17, 15) is 9.59 Å². The van der Waals surface area contributed by atoms with Crippen molar-refractivity contribution < 1.29 is 9.59 Å². The average Bonchev–Trinajstić information content (AvgIpc) is 2.77. The SMILES string of the molecule is O=C(NCc1cccnc1)c1ccc(CN2C(=O)C3CC(Br)CCC3NC2=S)cc1. The number of nitrogens with one attached hydrogen (secondary N) is 2. The smallest absolute Gasteiger partial charge is 0.251 e. The molecule has 1 aliphatic heterocycles. The predicted molar refractivity (Wildman–Crippen MR) is 122 cm³/mol. The van der Waals surface area contributed by atoms with Crippen molar-refractivity contribution in [2.75, 3.05) is 0 Å². The third kappa shape index (κ3) is 4.70. The Bertz CT molecular complexity index is 938. The van der Waals surface area contributed by atoms with E-state index >= 15 is 0 Å². The van der Waals surface area contributed by atoms with Crippen molar-refractivity contribution in [3.63, 3.8) is 0 Å². The number of alkyl halides is 1. The van der Waals surface area contributed by atoms with E-state index in [1.807, 2.05) is 24.3 Å². The molecule has 6 nitrogen and oxygen atoms in total. The number of carbonyl (C=O) groups is 2. The second-order valence-electron chi connectivity index (χ2n) is 7.74. The van der Waals surface area contributed by atoms with Crippen LogP contribution < -0.4 is 10.6 Å². The van der Waals surface area contributed by atoms with Gasteiger partial charge in [0.15, 0.2) is 5.11 Å². The number of fused-ring (bicyclic) bond motifs is 1. The number of hydrogen-bond donors (Lipinski definition) is 2. The number of carbonyl (C=O) groups excluding carboxylic acids is 2. The summed E-state index contributed by atoms with van der Waals surface area (Å²) in [7, 11) is 0. The van der Waals surface area contributed by atoms with E-state index in [-0.39, 0.29) is 23.8 Å². The van der Waals surface area contributed by atoms with E-state index < -0.39 is 0 Å². The molecule has 2 amide bonds. The standard InChI is InChI=1S/C22H23BrN4O2S/c23-17-7-8-19-18(10-17)21(29)27(22(30)26-19)13-14-3-5-16(6-4-14)20(28)25-12-15-2-1-9-24-11-15/h1-6,9,11,17-19H,7-8,10,12-13H2,(H,25,28)(H,26,30). The lowest BCUT2D eigenvalue weighted by Gasteiger charge is -2.43. The largest absolute Gasteiger partial charge is 0.359 e. The van der Waals surface area contributed by atoms with Crippen LogP contribution in [0.1, 0.15) is 40.7 Å². The fourth-order valence-corrected chi connectivity index (χ4v) is 4.96. The Hall–Kier alpha value is -2.32. The fraction of sp³-hybridized carbons (Fsp3) is 0.364. The molecule has 2 fully saturated rings. The topological polar surface area (TPSA) is 74.3 Å². The third-order valence-corrected chi connectivity index (χ3v) is 6.83. The Labute approximate surface area is 189 Å². The molecule has 0 radical (unpaired) electrons. The molecule has 1 aromatic heterocycles. The van der Waals surface area contributed by atoms with Gasteiger partial charge in [-0.2, -0.15) is 0 Å². The summed E-state index contributed by atoms with van der Waals surface area (Å²) in [6.45, 7) is 0.826. The van der Waals surface area contributed by atoms with Crippen LogP contribution in [0.5, 0.6) is 0 Å². The maximum Gasteiger partial charge on any atom is 0.251 e. The highest BCUT2D eigenvalue weighted by Gasteiger charge is 2.42. The van der Waals surface area contributed by atoms with Crippen LogP contribution in [-0.4, -0.2) is 37.7 Å². The first-order chi connectivity index (χ1) is 14.5. The molecular weight excluding hydrogens is 464 g/mol. The summed E-state index contributed by atoms with van der Waals surface area (Å²) >= 11 is 9.12. The van der Waals surface area contributed by atoms with Gasteiger partial charge in [0.25, 0.3) is 5.91 Å². The normalized spacial score (nSPS) is 23.5. The molecule has 1 aliphatic carbocycles. The Morgan fingerprint density at radius 1 is 1.23 bits per heavy atom. The van der Waals surface area contributed by atoms with Crippen molar-refractivity contribution in [2.45, 2.75) is 43.2 Å². The van der Waals surface area contributed by atoms with Gasteiger partial charge in [-0.05, 0) is 60.8 Å². The lowest BCUT2D eigenvalue weighted by atomic mass is 9.82. The van der Waals surface area contributed by atoms with E-state index in [4.69, 9.17) is 12.2 Å². The first kappa shape index (κ1) is 20.9. The first-order valence-electron chi connectivity index (χ1n) is 10.0. The van der Waals surface area contributed by atoms with Gasteiger partial charge in [0.2, 0.25) is 5.91 Å². The average molecular weight is 487 g/mol. The first-order valence-corrected chi connectivity index (χ1v) is 11.4. The summed E-state index contributed by atoms with van der Waals surface area (Å²) in [5.74, 6) is -0.108. The minimum atomic E-state index is -0.148. The zero-order chi connectivity index (χ0) is 21.1. The summed E-state index contributed by atoms with van der Waals surface area (Å²) in [5, 5.41) is 6.73. The number of hydrogen-bond acceptors (Lipinski definition) is 4. The second-order valence-corrected chi connectivity index (χ2v) is 9.42. The number of aromatic nitrogens is 1. The van der Waals surface area contributed by atoms with Gasteiger partial charge in [-0.15, -0.1) is 0 Å². The highest BCUT2D eigenvalue weighted by atomic mass is 79.9. The summed E-state index contributed by atoms with van der Waals surface area (Å²) < 4.78 is 0. The van der Waals surface area contributed by atoms with Crippen LogP contribution in [-0.2, 0) is 17.9 Å². The van der Waals surface area contributed by atoms with Crippen LogP contribution in [0.2, 0.25) is 0 Å². The summed E-state index contributed by atoms with van der Waals surface area (Å²) in [4.78, 5) is 31.5. The molecule has 1 saturated carbocycles. The van der Waals surface area contributed by atoms with Crippen LogP contribution in [0.15, 0.2) is 48.8 Å². The minimum absolute atomic E-state index is 0.0487. The number of halogens is 1. The van der Waals surface area contributed by atoms with Crippen molar-refractivity contribution in [1.82, 2.24) is 20.5 Å². The van der Waals surface area contributed by atoms with E-state index in [1.165, 1.54) is 0 Å². The van der Waals surface area contributed by atoms with Crippen molar-refractivity contribution in [2.24, 2.45) is 5.92 Å². The molecule has 0 spiro atoms. The van der Waals surface area contributed by atoms with E-state index in [0.29, 0.717) is 28.6 Å². The van der Waals surface area contributed by atoms with Crippen LogP contribution in [0.3, 0.4) is 0 Å². The zero-order valence-corrected chi connectivity index (χ0v) is 18.8. The Balaban J connectivity index is 1.37. The lowest BCUT2D eigenvalue weighted by molar-refractivity contribution is -0.135. The highest BCUT2D eigenvalue weighted by Crippen LogP contribution is 2.33. The molecule has 2 aromatic rings. The number of nitrogens with zero attached hydrogens (tertiary/aromatic N) is 2. The van der Waals surface area contributed by atoms with Gasteiger partial charge in [-0.3, -0.25) is 19.5 Å². The highest BCUT2D eigenvalue weighted by molar-refractivity contribution is 9.09. The van der Waals surface area contributed by atoms with Gasteiger partial charge in [0, 0.05) is 35.4 Å². The molecule has 1 saturated heterocycles. The second kappa shape index (κ2) is 9.22. The van der Waals surface area contributed by atoms with Gasteiger partial charge in [-0.25, -0.2) is 0 Å². The van der Waals surface area contributed by atoms with E-state index in [0.717, 1.165) is 30.4 Å². The summed E-state index contributed by atoms with van der Waals surface area (Å²) in [6.07, 6.45) is 6.25. The lowest BCUT2D eigenvalue weighted by Crippen LogP contribution is -2.61.